The Kier molecular flexibility index (Phi) is 4.30. The Morgan fingerprint density at radius 1 is 1.15 bits per heavy atom. The quantitative estimate of drug-likeness (QED) is 0.566. The Bertz CT molecular complexity index is 1150. The minimum Gasteiger partial charge on any atom is -0.422 e. The number of imidazole rings is 1. The summed E-state index contributed by atoms with van der Waals surface area (Å²) in [6, 6.07) is 16.2. The van der Waals surface area contributed by atoms with Crippen molar-refractivity contribution in [3.63, 3.8) is 0 Å². The fourth-order valence-electron chi connectivity index (χ4n) is 2.92. The number of carbonyl (C=O) groups is 1. The number of amides is 1. The third-order valence-electron chi connectivity index (χ3n) is 4.43. The Hall–Kier alpha value is -3.67. The molecule has 134 valence electrons. The topological polar surface area (TPSA) is 77.1 Å². The number of benzene rings is 2. The number of rotatable bonds is 4. The summed E-state index contributed by atoms with van der Waals surface area (Å²) in [7, 11) is 0. The van der Waals surface area contributed by atoms with Crippen LogP contribution in [-0.4, -0.2) is 15.5 Å². The first kappa shape index (κ1) is 16.8. The molecule has 0 aliphatic carbocycles. The van der Waals surface area contributed by atoms with Crippen molar-refractivity contribution < 1.29 is 9.21 Å². The number of carbonyl (C=O) groups excluding carboxylic acids is 1. The molecule has 0 bridgehead atoms. The molecule has 2 heterocycles. The maximum Gasteiger partial charge on any atom is 0.349 e. The normalized spacial score (nSPS) is 12.0. The van der Waals surface area contributed by atoms with E-state index in [2.05, 4.69) is 10.3 Å². The van der Waals surface area contributed by atoms with E-state index in [-0.39, 0.29) is 11.6 Å². The van der Waals surface area contributed by atoms with Crippen LogP contribution < -0.4 is 10.9 Å². The summed E-state index contributed by atoms with van der Waals surface area (Å²) in [5.41, 5.74) is 1.72. The first-order valence-corrected chi connectivity index (χ1v) is 8.54. The van der Waals surface area contributed by atoms with Gasteiger partial charge in [-0.05, 0) is 36.8 Å². The average molecular weight is 359 g/mol. The van der Waals surface area contributed by atoms with E-state index >= 15 is 0 Å². The maximum atomic E-state index is 12.6. The summed E-state index contributed by atoms with van der Waals surface area (Å²) in [5.74, 6) is -0.458. The van der Waals surface area contributed by atoms with Gasteiger partial charge in [-0.1, -0.05) is 30.3 Å². The van der Waals surface area contributed by atoms with Gasteiger partial charge in [0.1, 0.15) is 11.1 Å². The molecule has 4 aromatic rings. The first-order valence-electron chi connectivity index (χ1n) is 8.54. The van der Waals surface area contributed by atoms with E-state index in [1.165, 1.54) is 0 Å². The predicted octanol–water partition coefficient (Wildman–Crippen LogP) is 3.47. The molecule has 0 radical (unpaired) electrons. The second-order valence-electron chi connectivity index (χ2n) is 6.24. The SMILES string of the molecule is C[C@@H](NC(=O)c1cc2ccccc2oc1=O)c1ccc(-n2ccnc2)cc1. The summed E-state index contributed by atoms with van der Waals surface area (Å²) in [4.78, 5) is 28.7. The molecule has 6 heteroatoms. The average Bonchev–Trinajstić information content (AvgIpc) is 3.22. The zero-order valence-corrected chi connectivity index (χ0v) is 14.6. The highest BCUT2D eigenvalue weighted by Gasteiger charge is 2.16. The molecule has 0 aliphatic rings. The summed E-state index contributed by atoms with van der Waals surface area (Å²) in [5, 5.41) is 3.56. The standard InChI is InChI=1S/C21H17N3O3/c1-14(15-6-8-17(9-7-15)24-11-10-22-13-24)23-20(25)18-12-16-4-2-3-5-19(16)27-21(18)26/h2-14H,1H3,(H,23,25)/t14-/m1/s1. The van der Waals surface area contributed by atoms with Crippen LogP contribution in [0.2, 0.25) is 0 Å². The van der Waals surface area contributed by atoms with Gasteiger partial charge in [-0.15, -0.1) is 0 Å². The Morgan fingerprint density at radius 3 is 2.67 bits per heavy atom. The number of nitrogens with one attached hydrogen (secondary N) is 1. The van der Waals surface area contributed by atoms with E-state index in [1.807, 2.05) is 48.0 Å². The first-order chi connectivity index (χ1) is 13.1. The molecular weight excluding hydrogens is 342 g/mol. The molecule has 0 saturated heterocycles. The highest BCUT2D eigenvalue weighted by molar-refractivity contribution is 5.96. The van der Waals surface area contributed by atoms with E-state index in [9.17, 15) is 9.59 Å². The minimum absolute atomic E-state index is 0.00409. The van der Waals surface area contributed by atoms with Crippen LogP contribution >= 0.6 is 0 Å². The van der Waals surface area contributed by atoms with Crippen molar-refractivity contribution >= 4 is 16.9 Å². The van der Waals surface area contributed by atoms with Crippen LogP contribution in [0, 0.1) is 0 Å². The Labute approximate surface area is 155 Å². The van der Waals surface area contributed by atoms with Crippen LogP contribution in [0.5, 0.6) is 0 Å². The van der Waals surface area contributed by atoms with Gasteiger partial charge >= 0.3 is 5.63 Å². The number of fused-ring (bicyclic) bond motifs is 1. The molecule has 0 unspecified atom stereocenters. The largest absolute Gasteiger partial charge is 0.422 e. The molecule has 0 saturated carbocycles. The zero-order chi connectivity index (χ0) is 18.8. The van der Waals surface area contributed by atoms with Crippen LogP contribution in [0.15, 0.2) is 82.5 Å². The Morgan fingerprint density at radius 2 is 1.93 bits per heavy atom. The van der Waals surface area contributed by atoms with Gasteiger partial charge in [-0.3, -0.25) is 4.79 Å². The fourth-order valence-corrected chi connectivity index (χ4v) is 2.92. The van der Waals surface area contributed by atoms with Gasteiger partial charge in [0, 0.05) is 23.5 Å². The molecule has 1 amide bonds. The number of nitrogens with zero attached hydrogens (tertiary/aromatic N) is 2. The smallest absolute Gasteiger partial charge is 0.349 e. The van der Waals surface area contributed by atoms with Crippen LogP contribution in [0.25, 0.3) is 16.7 Å². The lowest BCUT2D eigenvalue weighted by molar-refractivity contribution is 0.0936. The van der Waals surface area contributed by atoms with Crippen LogP contribution in [0.3, 0.4) is 0 Å². The van der Waals surface area contributed by atoms with Crippen molar-refractivity contribution in [2.24, 2.45) is 0 Å². The van der Waals surface area contributed by atoms with Gasteiger partial charge in [0.25, 0.3) is 5.91 Å². The molecule has 0 spiro atoms. The summed E-state index contributed by atoms with van der Waals surface area (Å²) in [6.07, 6.45) is 5.30. The molecular formula is C21H17N3O3. The van der Waals surface area contributed by atoms with Gasteiger partial charge in [-0.25, -0.2) is 9.78 Å². The van der Waals surface area contributed by atoms with Crippen LogP contribution in [0.4, 0.5) is 0 Å². The number of hydrogen-bond acceptors (Lipinski definition) is 4. The van der Waals surface area contributed by atoms with E-state index in [0.717, 1.165) is 11.3 Å². The number of para-hydroxylation sites is 1. The molecule has 2 aromatic heterocycles. The van der Waals surface area contributed by atoms with Crippen molar-refractivity contribution in [2.45, 2.75) is 13.0 Å². The van der Waals surface area contributed by atoms with Crippen molar-refractivity contribution in [1.82, 2.24) is 14.9 Å². The summed E-state index contributed by atoms with van der Waals surface area (Å²) in [6.45, 7) is 1.87. The monoisotopic (exact) mass is 359 g/mol. The lowest BCUT2D eigenvalue weighted by Crippen LogP contribution is -2.30. The lowest BCUT2D eigenvalue weighted by Gasteiger charge is -2.15. The Balaban J connectivity index is 1.54. The highest BCUT2D eigenvalue weighted by atomic mass is 16.4. The second kappa shape index (κ2) is 6.92. The van der Waals surface area contributed by atoms with E-state index in [0.29, 0.717) is 11.0 Å². The number of hydrogen-bond donors (Lipinski definition) is 1. The highest BCUT2D eigenvalue weighted by Crippen LogP contribution is 2.17. The van der Waals surface area contributed by atoms with Crippen LogP contribution in [0.1, 0.15) is 28.9 Å². The van der Waals surface area contributed by atoms with Gasteiger partial charge in [0.2, 0.25) is 0 Å². The minimum atomic E-state index is -0.645. The van der Waals surface area contributed by atoms with Crippen molar-refractivity contribution in [1.29, 1.82) is 0 Å². The molecule has 6 nitrogen and oxygen atoms in total. The molecule has 0 aliphatic heterocycles. The van der Waals surface area contributed by atoms with Gasteiger partial charge in [0.05, 0.1) is 12.4 Å². The maximum absolute atomic E-state index is 12.6. The summed E-state index contributed by atoms with van der Waals surface area (Å²) < 4.78 is 7.13. The fraction of sp³-hybridized carbons (Fsp3) is 0.0952. The molecule has 1 N–H and O–H groups in total. The van der Waals surface area contributed by atoms with E-state index < -0.39 is 11.5 Å². The predicted molar refractivity (Wildman–Crippen MR) is 102 cm³/mol. The van der Waals surface area contributed by atoms with E-state index in [4.69, 9.17) is 4.42 Å². The number of aromatic nitrogens is 2. The third kappa shape index (κ3) is 3.37. The van der Waals surface area contributed by atoms with Crippen molar-refractivity contribution in [2.75, 3.05) is 0 Å². The van der Waals surface area contributed by atoms with Crippen molar-refractivity contribution in [3.8, 4) is 5.69 Å². The zero-order valence-electron chi connectivity index (χ0n) is 14.6. The molecule has 4 rings (SSSR count). The lowest BCUT2D eigenvalue weighted by atomic mass is 10.1. The van der Waals surface area contributed by atoms with Gasteiger partial charge < -0.3 is 14.3 Å². The molecule has 2 aromatic carbocycles. The van der Waals surface area contributed by atoms with Gasteiger partial charge in [-0.2, -0.15) is 0 Å². The van der Waals surface area contributed by atoms with E-state index in [1.54, 1.807) is 36.8 Å². The van der Waals surface area contributed by atoms with Crippen molar-refractivity contribution in [3.05, 3.63) is 94.9 Å². The molecule has 27 heavy (non-hydrogen) atoms. The van der Waals surface area contributed by atoms with Gasteiger partial charge in [0.15, 0.2) is 0 Å². The second-order valence-corrected chi connectivity index (χ2v) is 6.24. The summed E-state index contributed by atoms with van der Waals surface area (Å²) >= 11 is 0. The molecule has 0 fully saturated rings. The third-order valence-corrected chi connectivity index (χ3v) is 4.43. The molecule has 1 atom stereocenters. The van der Waals surface area contributed by atoms with Crippen LogP contribution in [-0.2, 0) is 0 Å².